The van der Waals surface area contributed by atoms with E-state index in [1.165, 1.54) is 5.56 Å². The van der Waals surface area contributed by atoms with Gasteiger partial charge in [-0.3, -0.25) is 0 Å². The minimum Gasteiger partial charge on any atom is -0.227 e. The summed E-state index contributed by atoms with van der Waals surface area (Å²) in [4.78, 5) is 8.97. The maximum atomic E-state index is 6.19. The number of benzene rings is 1. The summed E-state index contributed by atoms with van der Waals surface area (Å²) in [5.74, 6) is 0.885. The van der Waals surface area contributed by atoms with Crippen LogP contribution in [0, 0.1) is 0 Å². The van der Waals surface area contributed by atoms with E-state index < -0.39 is 0 Å². The summed E-state index contributed by atoms with van der Waals surface area (Å²) in [6.07, 6.45) is 3.21. The Balaban J connectivity index is 1.76. The average Bonchev–Trinajstić information content (AvgIpc) is 2.86. The fourth-order valence-electron chi connectivity index (χ4n) is 2.15. The summed E-state index contributed by atoms with van der Waals surface area (Å²) >= 11 is 7.84. The quantitative estimate of drug-likeness (QED) is 0.483. The van der Waals surface area contributed by atoms with E-state index in [1.807, 2.05) is 18.2 Å². The third-order valence-corrected chi connectivity index (χ3v) is 4.30. The average molecular weight is 277 g/mol. The summed E-state index contributed by atoms with van der Waals surface area (Å²) in [5.41, 5.74) is 3.58. The molecule has 1 heterocycles. The number of hydrogen-bond acceptors (Lipinski definition) is 3. The van der Waals surface area contributed by atoms with E-state index in [0.717, 1.165) is 41.4 Å². The van der Waals surface area contributed by atoms with Crippen LogP contribution in [0.15, 0.2) is 35.5 Å². The second-order valence-electron chi connectivity index (χ2n) is 4.35. The topological polar surface area (TPSA) is 25.8 Å². The summed E-state index contributed by atoms with van der Waals surface area (Å²) < 4.78 is 0. The molecule has 0 radical (unpaired) electrons. The number of halogens is 1. The lowest BCUT2D eigenvalue weighted by molar-refractivity contribution is 0.877. The lowest BCUT2D eigenvalue weighted by atomic mass is 10.2. The van der Waals surface area contributed by atoms with Crippen LogP contribution < -0.4 is 0 Å². The van der Waals surface area contributed by atoms with Gasteiger partial charge in [-0.2, -0.15) is 0 Å². The third-order valence-electron chi connectivity index (χ3n) is 3.07. The van der Waals surface area contributed by atoms with Gasteiger partial charge in [-0.1, -0.05) is 53.7 Å². The molecule has 3 rings (SSSR count). The number of thioether (sulfide) groups is 1. The molecule has 0 fully saturated rings. The Kier molecular flexibility index (Phi) is 3.52. The highest BCUT2D eigenvalue weighted by atomic mass is 35.5. The van der Waals surface area contributed by atoms with Crippen molar-refractivity contribution in [3.05, 3.63) is 52.3 Å². The molecule has 1 aromatic heterocycles. The molecule has 92 valence electrons. The van der Waals surface area contributed by atoms with E-state index in [9.17, 15) is 0 Å². The Morgan fingerprint density at radius 3 is 2.78 bits per heavy atom. The molecule has 0 bridgehead atoms. The molecule has 0 saturated carbocycles. The van der Waals surface area contributed by atoms with Crippen molar-refractivity contribution in [3.8, 4) is 0 Å². The molecule has 0 saturated heterocycles. The minimum atomic E-state index is 0.646. The largest absolute Gasteiger partial charge is 0.227 e. The predicted octanol–water partition coefficient (Wildman–Crippen LogP) is 3.91. The summed E-state index contributed by atoms with van der Waals surface area (Å²) in [6, 6.07) is 10.3. The van der Waals surface area contributed by atoms with Crippen molar-refractivity contribution in [2.45, 2.75) is 30.2 Å². The van der Waals surface area contributed by atoms with E-state index in [2.05, 4.69) is 22.1 Å². The first kappa shape index (κ1) is 12.0. The van der Waals surface area contributed by atoms with Gasteiger partial charge in [0.2, 0.25) is 0 Å². The number of nitrogens with zero attached hydrogens (tertiary/aromatic N) is 2. The Morgan fingerprint density at radius 1 is 1.11 bits per heavy atom. The Hall–Kier alpha value is -1.06. The van der Waals surface area contributed by atoms with Crippen molar-refractivity contribution in [1.82, 2.24) is 9.97 Å². The van der Waals surface area contributed by atoms with Crippen LogP contribution in [0.5, 0.6) is 0 Å². The number of aryl methyl sites for hydroxylation is 1. The van der Waals surface area contributed by atoms with Gasteiger partial charge in [-0.25, -0.2) is 9.97 Å². The molecule has 18 heavy (non-hydrogen) atoms. The molecular weight excluding hydrogens is 264 g/mol. The molecule has 0 unspecified atom stereocenters. The summed E-state index contributed by atoms with van der Waals surface area (Å²) in [5, 5.41) is 1.44. The lowest BCUT2D eigenvalue weighted by Crippen LogP contribution is -1.96. The van der Waals surface area contributed by atoms with Crippen LogP contribution >= 0.6 is 23.4 Å². The van der Waals surface area contributed by atoms with Gasteiger partial charge in [0.25, 0.3) is 0 Å². The van der Waals surface area contributed by atoms with Gasteiger partial charge in [-0.15, -0.1) is 0 Å². The summed E-state index contributed by atoms with van der Waals surface area (Å²) in [6.45, 7) is 0. The molecule has 2 aromatic rings. The van der Waals surface area contributed by atoms with Crippen LogP contribution in [-0.4, -0.2) is 9.97 Å². The van der Waals surface area contributed by atoms with Crippen molar-refractivity contribution in [2.75, 3.05) is 0 Å². The van der Waals surface area contributed by atoms with Gasteiger partial charge >= 0.3 is 0 Å². The van der Waals surface area contributed by atoms with Gasteiger partial charge in [-0.05, 0) is 24.8 Å². The zero-order valence-corrected chi connectivity index (χ0v) is 11.5. The Morgan fingerprint density at radius 2 is 1.94 bits per heavy atom. The highest BCUT2D eigenvalue weighted by Gasteiger charge is 2.18. The monoisotopic (exact) mass is 276 g/mol. The Bertz CT molecular complexity index is 557. The highest BCUT2D eigenvalue weighted by molar-refractivity contribution is 7.98. The first-order chi connectivity index (χ1) is 8.83. The van der Waals surface area contributed by atoms with Crippen LogP contribution in [0.2, 0.25) is 5.15 Å². The second kappa shape index (κ2) is 5.29. The van der Waals surface area contributed by atoms with Crippen LogP contribution in [0.1, 0.15) is 23.2 Å². The van der Waals surface area contributed by atoms with Crippen LogP contribution in [0.25, 0.3) is 0 Å². The van der Waals surface area contributed by atoms with E-state index in [4.69, 9.17) is 11.6 Å². The van der Waals surface area contributed by atoms with Crippen molar-refractivity contribution < 1.29 is 0 Å². The number of fused-ring (bicyclic) bond motifs is 1. The van der Waals surface area contributed by atoms with Crippen LogP contribution in [0.3, 0.4) is 0 Å². The SMILES string of the molecule is Clc1nc(SCc2ccccc2)nc2c1CCC2. The predicted molar refractivity (Wildman–Crippen MR) is 75.1 cm³/mol. The molecule has 1 aliphatic carbocycles. The van der Waals surface area contributed by atoms with E-state index >= 15 is 0 Å². The molecule has 0 atom stereocenters. The van der Waals surface area contributed by atoms with Crippen molar-refractivity contribution in [2.24, 2.45) is 0 Å². The number of rotatable bonds is 3. The first-order valence-electron chi connectivity index (χ1n) is 6.05. The van der Waals surface area contributed by atoms with Crippen molar-refractivity contribution >= 4 is 23.4 Å². The van der Waals surface area contributed by atoms with Crippen LogP contribution in [0.4, 0.5) is 0 Å². The third kappa shape index (κ3) is 2.52. The molecule has 0 aliphatic heterocycles. The van der Waals surface area contributed by atoms with Crippen molar-refractivity contribution in [1.29, 1.82) is 0 Å². The molecule has 1 aliphatic rings. The summed E-state index contributed by atoms with van der Waals surface area (Å²) in [7, 11) is 0. The van der Waals surface area contributed by atoms with Gasteiger partial charge in [0.05, 0.1) is 0 Å². The van der Waals surface area contributed by atoms with Gasteiger partial charge in [0.15, 0.2) is 5.16 Å². The maximum absolute atomic E-state index is 6.19. The minimum absolute atomic E-state index is 0.646. The van der Waals surface area contributed by atoms with Gasteiger partial charge in [0, 0.05) is 17.0 Å². The smallest absolute Gasteiger partial charge is 0.189 e. The maximum Gasteiger partial charge on any atom is 0.189 e. The van der Waals surface area contributed by atoms with Crippen molar-refractivity contribution in [3.63, 3.8) is 0 Å². The molecule has 4 heteroatoms. The van der Waals surface area contributed by atoms with E-state index in [1.54, 1.807) is 11.8 Å². The second-order valence-corrected chi connectivity index (χ2v) is 5.65. The molecule has 0 amide bonds. The molecule has 2 nitrogen and oxygen atoms in total. The molecule has 0 spiro atoms. The lowest BCUT2D eigenvalue weighted by Gasteiger charge is -2.05. The van der Waals surface area contributed by atoms with E-state index in [-0.39, 0.29) is 0 Å². The highest BCUT2D eigenvalue weighted by Crippen LogP contribution is 2.29. The first-order valence-corrected chi connectivity index (χ1v) is 7.41. The zero-order valence-electron chi connectivity index (χ0n) is 9.90. The molecular formula is C14H13ClN2S. The normalized spacial score (nSPS) is 13.6. The fourth-order valence-corrected chi connectivity index (χ4v) is 3.30. The zero-order chi connectivity index (χ0) is 12.4. The standard InChI is InChI=1S/C14H13ClN2S/c15-13-11-7-4-8-12(11)16-14(17-13)18-9-10-5-2-1-3-6-10/h1-3,5-6H,4,7-9H2. The number of aromatic nitrogens is 2. The van der Waals surface area contributed by atoms with Gasteiger partial charge in [0.1, 0.15) is 5.15 Å². The van der Waals surface area contributed by atoms with E-state index in [0.29, 0.717) is 5.15 Å². The van der Waals surface area contributed by atoms with Gasteiger partial charge < -0.3 is 0 Å². The fraction of sp³-hybridized carbons (Fsp3) is 0.286. The molecule has 1 aromatic carbocycles. The number of hydrogen-bond donors (Lipinski definition) is 0. The molecule has 0 N–H and O–H groups in total. The van der Waals surface area contributed by atoms with Crippen LogP contribution in [-0.2, 0) is 18.6 Å². The Labute approximate surface area is 116 Å².